The highest BCUT2D eigenvalue weighted by atomic mass is 16.5. The van der Waals surface area contributed by atoms with Crippen molar-refractivity contribution >= 4 is 17.6 Å². The summed E-state index contributed by atoms with van der Waals surface area (Å²) in [4.78, 5) is 10.7. The lowest BCUT2D eigenvalue weighted by atomic mass is 10.3. The van der Waals surface area contributed by atoms with Gasteiger partial charge in [0, 0.05) is 13.3 Å². The van der Waals surface area contributed by atoms with Crippen LogP contribution in [0, 0.1) is 0 Å². The quantitative estimate of drug-likeness (QED) is 0.655. The molecule has 1 aliphatic heterocycles. The second-order valence-electron chi connectivity index (χ2n) is 3.30. The van der Waals surface area contributed by atoms with Crippen LogP contribution in [0.15, 0.2) is 35.4 Å². The Morgan fingerprint density at radius 3 is 2.80 bits per heavy atom. The molecule has 0 atom stereocenters. The van der Waals surface area contributed by atoms with Gasteiger partial charge in [-0.05, 0) is 12.1 Å². The second kappa shape index (κ2) is 4.13. The number of anilines is 1. The third-order valence-corrected chi connectivity index (χ3v) is 2.09. The smallest absolute Gasteiger partial charge is 0.309 e. The van der Waals surface area contributed by atoms with Gasteiger partial charge in [0.25, 0.3) is 0 Å². The summed E-state index contributed by atoms with van der Waals surface area (Å²) in [6.45, 7) is 2.14. The predicted octanol–water partition coefficient (Wildman–Crippen LogP) is 1.77. The molecule has 78 valence electrons. The van der Waals surface area contributed by atoms with E-state index in [0.29, 0.717) is 12.3 Å². The Labute approximate surface area is 88.2 Å². The van der Waals surface area contributed by atoms with E-state index in [1.54, 1.807) is 0 Å². The minimum Gasteiger partial charge on any atom is -0.410 e. The number of hydrogen-bond donors (Lipinski definition) is 0. The third-order valence-electron chi connectivity index (χ3n) is 2.09. The van der Waals surface area contributed by atoms with Crippen LogP contribution < -0.4 is 5.01 Å². The first-order chi connectivity index (χ1) is 7.25. The Bertz CT molecular complexity index is 387. The molecule has 0 aliphatic carbocycles. The molecule has 4 nitrogen and oxygen atoms in total. The van der Waals surface area contributed by atoms with E-state index < -0.39 is 0 Å². The van der Waals surface area contributed by atoms with E-state index >= 15 is 0 Å². The van der Waals surface area contributed by atoms with E-state index in [9.17, 15) is 4.79 Å². The number of esters is 1. The highest BCUT2D eigenvalue weighted by Crippen LogP contribution is 2.18. The largest absolute Gasteiger partial charge is 0.410 e. The van der Waals surface area contributed by atoms with Gasteiger partial charge in [-0.3, -0.25) is 9.80 Å². The molecule has 0 unspecified atom stereocenters. The minimum atomic E-state index is -0.316. The van der Waals surface area contributed by atoms with Crippen molar-refractivity contribution in [1.82, 2.24) is 0 Å². The van der Waals surface area contributed by atoms with Crippen LogP contribution in [0.25, 0.3) is 0 Å². The van der Waals surface area contributed by atoms with Crippen LogP contribution in [0.1, 0.15) is 13.3 Å². The summed E-state index contributed by atoms with van der Waals surface area (Å²) in [5, 5.41) is 6.04. The van der Waals surface area contributed by atoms with E-state index in [1.165, 1.54) is 6.92 Å². The second-order valence-corrected chi connectivity index (χ2v) is 3.30. The first-order valence-corrected chi connectivity index (χ1v) is 4.84. The SMILES string of the molecule is CC(=O)OC1=NN(c2ccccc2)CC1. The average molecular weight is 204 g/mol. The molecule has 0 amide bonds. The van der Waals surface area contributed by atoms with Crippen molar-refractivity contribution in [3.8, 4) is 0 Å². The van der Waals surface area contributed by atoms with Crippen molar-refractivity contribution in [1.29, 1.82) is 0 Å². The minimum absolute atomic E-state index is 0.316. The Balaban J connectivity index is 2.09. The highest BCUT2D eigenvalue weighted by molar-refractivity contribution is 5.89. The number of para-hydroxylation sites is 1. The van der Waals surface area contributed by atoms with Gasteiger partial charge in [0.1, 0.15) is 0 Å². The number of hydrazone groups is 1. The van der Waals surface area contributed by atoms with Crippen LogP contribution in [0.4, 0.5) is 5.69 Å². The maximum atomic E-state index is 10.7. The average Bonchev–Trinajstić information content (AvgIpc) is 2.67. The molecule has 0 saturated heterocycles. The van der Waals surface area contributed by atoms with E-state index in [0.717, 1.165) is 12.2 Å². The maximum Gasteiger partial charge on any atom is 0.309 e. The normalized spacial score (nSPS) is 15.0. The summed E-state index contributed by atoms with van der Waals surface area (Å²) < 4.78 is 4.93. The molecule has 1 heterocycles. The summed E-state index contributed by atoms with van der Waals surface area (Å²) >= 11 is 0. The van der Waals surface area contributed by atoms with Crippen molar-refractivity contribution in [3.05, 3.63) is 30.3 Å². The summed E-state index contributed by atoms with van der Waals surface area (Å²) in [5.74, 6) is 0.176. The topological polar surface area (TPSA) is 41.9 Å². The molecular formula is C11H12N2O2. The predicted molar refractivity (Wildman–Crippen MR) is 57.6 cm³/mol. The number of carbonyl (C=O) groups is 1. The first-order valence-electron chi connectivity index (χ1n) is 4.84. The van der Waals surface area contributed by atoms with Gasteiger partial charge in [-0.2, -0.15) is 0 Å². The molecule has 1 aromatic carbocycles. The number of carbonyl (C=O) groups excluding carboxylic acids is 1. The molecular weight excluding hydrogens is 192 g/mol. The molecule has 0 fully saturated rings. The lowest BCUT2D eigenvalue weighted by molar-refractivity contribution is -0.133. The van der Waals surface area contributed by atoms with Gasteiger partial charge >= 0.3 is 5.97 Å². The Kier molecular flexibility index (Phi) is 2.67. The molecule has 0 saturated carbocycles. The summed E-state index contributed by atoms with van der Waals surface area (Å²) in [6.07, 6.45) is 0.675. The molecule has 0 spiro atoms. The Hall–Kier alpha value is -1.84. The lowest BCUT2D eigenvalue weighted by Crippen LogP contribution is -2.11. The monoisotopic (exact) mass is 204 g/mol. The molecule has 0 bridgehead atoms. The number of rotatable bonds is 1. The van der Waals surface area contributed by atoms with Crippen molar-refractivity contribution in [2.24, 2.45) is 5.10 Å². The number of benzene rings is 1. The number of nitrogens with zero attached hydrogens (tertiary/aromatic N) is 2. The first kappa shape index (κ1) is 9.71. The summed E-state index contributed by atoms with van der Waals surface area (Å²) in [7, 11) is 0. The maximum absolute atomic E-state index is 10.7. The van der Waals surface area contributed by atoms with Gasteiger partial charge in [-0.1, -0.05) is 18.2 Å². The Morgan fingerprint density at radius 1 is 1.40 bits per heavy atom. The van der Waals surface area contributed by atoms with Gasteiger partial charge in [0.05, 0.1) is 12.2 Å². The van der Waals surface area contributed by atoms with E-state index in [1.807, 2.05) is 35.3 Å². The van der Waals surface area contributed by atoms with E-state index in [2.05, 4.69) is 5.10 Å². The fraction of sp³-hybridized carbons (Fsp3) is 0.273. The zero-order valence-electron chi connectivity index (χ0n) is 8.51. The highest BCUT2D eigenvalue weighted by Gasteiger charge is 2.17. The molecule has 4 heteroatoms. The van der Waals surface area contributed by atoms with Gasteiger partial charge in [0.2, 0.25) is 5.90 Å². The molecule has 2 rings (SSSR count). The van der Waals surface area contributed by atoms with Gasteiger partial charge < -0.3 is 4.74 Å². The van der Waals surface area contributed by atoms with Crippen molar-refractivity contribution in [2.45, 2.75) is 13.3 Å². The number of ether oxygens (including phenoxy) is 1. The van der Waals surface area contributed by atoms with E-state index in [-0.39, 0.29) is 5.97 Å². The zero-order valence-corrected chi connectivity index (χ0v) is 8.51. The molecule has 1 aliphatic rings. The molecule has 0 radical (unpaired) electrons. The van der Waals surface area contributed by atoms with Crippen LogP contribution in [0.5, 0.6) is 0 Å². The fourth-order valence-electron chi connectivity index (χ4n) is 1.46. The third kappa shape index (κ3) is 2.34. The van der Waals surface area contributed by atoms with Crippen LogP contribution in [0.2, 0.25) is 0 Å². The summed E-state index contributed by atoms with van der Waals surface area (Å²) in [6, 6.07) is 9.81. The fourth-order valence-corrected chi connectivity index (χ4v) is 1.46. The zero-order chi connectivity index (χ0) is 10.7. The van der Waals surface area contributed by atoms with Crippen molar-refractivity contribution in [2.75, 3.05) is 11.6 Å². The molecule has 0 aromatic heterocycles. The van der Waals surface area contributed by atoms with Gasteiger partial charge in [-0.25, -0.2) is 0 Å². The lowest BCUT2D eigenvalue weighted by Gasteiger charge is -2.11. The molecule has 15 heavy (non-hydrogen) atoms. The summed E-state index contributed by atoms with van der Waals surface area (Å²) in [5.41, 5.74) is 1.01. The van der Waals surface area contributed by atoms with Crippen LogP contribution in [0.3, 0.4) is 0 Å². The van der Waals surface area contributed by atoms with Gasteiger partial charge in [-0.15, -0.1) is 5.10 Å². The standard InChI is InChI=1S/C11H12N2O2/c1-9(14)15-11-7-8-13(12-11)10-5-3-2-4-6-10/h2-6H,7-8H2,1H3. The molecule has 0 N–H and O–H groups in total. The Morgan fingerprint density at radius 2 is 2.13 bits per heavy atom. The van der Waals surface area contributed by atoms with Crippen molar-refractivity contribution < 1.29 is 9.53 Å². The van der Waals surface area contributed by atoms with Crippen LogP contribution in [-0.2, 0) is 9.53 Å². The molecule has 1 aromatic rings. The van der Waals surface area contributed by atoms with E-state index in [4.69, 9.17) is 4.74 Å². The van der Waals surface area contributed by atoms with Gasteiger partial charge in [0.15, 0.2) is 0 Å². The van der Waals surface area contributed by atoms with Crippen LogP contribution >= 0.6 is 0 Å². The van der Waals surface area contributed by atoms with Crippen molar-refractivity contribution in [3.63, 3.8) is 0 Å². The van der Waals surface area contributed by atoms with Crippen LogP contribution in [-0.4, -0.2) is 18.4 Å². The number of hydrogen-bond acceptors (Lipinski definition) is 4.